The van der Waals surface area contributed by atoms with Gasteiger partial charge in [0.05, 0.1) is 22.3 Å². The van der Waals surface area contributed by atoms with Gasteiger partial charge in [-0.1, -0.05) is 24.3 Å². The first-order valence-electron chi connectivity index (χ1n) is 6.49. The fourth-order valence-corrected chi connectivity index (χ4v) is 1.86. The van der Waals surface area contributed by atoms with Crippen molar-refractivity contribution < 1.29 is 39.2 Å². The summed E-state index contributed by atoms with van der Waals surface area (Å²) >= 11 is 0. The molecule has 0 spiro atoms. The highest BCUT2D eigenvalue weighted by Crippen LogP contribution is 2.13. The van der Waals surface area contributed by atoms with E-state index in [4.69, 9.17) is 10.2 Å². The Balaban J connectivity index is 0.00000312. The monoisotopic (exact) mass is 382 g/mol. The normalized spacial score (nSPS) is 9.08. The molecule has 0 bridgehead atoms. The molecule has 10 heteroatoms. The van der Waals surface area contributed by atoms with E-state index in [0.717, 1.165) is 0 Å². The van der Waals surface area contributed by atoms with E-state index in [1.165, 1.54) is 48.5 Å². The maximum Gasteiger partial charge on any atom is 0.387 e. The lowest BCUT2D eigenvalue weighted by molar-refractivity contribution is -0.187. The van der Waals surface area contributed by atoms with Crippen LogP contribution in [0.3, 0.4) is 0 Å². The summed E-state index contributed by atoms with van der Waals surface area (Å²) in [7, 11) is 0. The van der Waals surface area contributed by atoms with Crippen molar-refractivity contribution in [2.75, 3.05) is 0 Å². The van der Waals surface area contributed by atoms with Gasteiger partial charge in [-0.05, 0) is 24.3 Å². The van der Waals surface area contributed by atoms with Gasteiger partial charge in [0.1, 0.15) is 0 Å². The van der Waals surface area contributed by atoms with Gasteiger partial charge in [-0.3, -0.25) is 0 Å². The first kappa shape index (κ1) is 23.9. The molecule has 0 aliphatic rings. The van der Waals surface area contributed by atoms with Crippen LogP contribution < -0.4 is 0 Å². The van der Waals surface area contributed by atoms with Crippen molar-refractivity contribution in [1.82, 2.24) is 0 Å². The molecule has 2 aromatic rings. The molecular weight excluding hydrogens is 369 g/mol. The van der Waals surface area contributed by atoms with E-state index in [1.54, 1.807) is 0 Å². The predicted molar refractivity (Wildman–Crippen MR) is 94.7 cm³/mol. The van der Waals surface area contributed by atoms with E-state index >= 15 is 0 Å². The van der Waals surface area contributed by atoms with Gasteiger partial charge >= 0.3 is 70.0 Å². The molecule has 0 amide bonds. The number of carbonyl (C=O) groups is 4. The number of carboxylic acid groups (broad SMARTS) is 2. The van der Waals surface area contributed by atoms with Crippen molar-refractivity contribution in [3.05, 3.63) is 70.8 Å². The number of carbonyl (C=O) groups excluding carboxylic acids is 2. The number of hydrogen-bond acceptors (Lipinski definition) is 6. The van der Waals surface area contributed by atoms with E-state index in [1.807, 2.05) is 0 Å². The second-order valence-corrected chi connectivity index (χ2v) is 4.44. The predicted octanol–water partition coefficient (Wildman–Crippen LogP) is 0.179. The van der Waals surface area contributed by atoms with E-state index in [9.17, 15) is 19.2 Å². The lowest BCUT2D eigenvalue weighted by Crippen LogP contribution is -2.16. The highest BCUT2D eigenvalue weighted by molar-refractivity contribution is 6.04. The van der Waals surface area contributed by atoms with Gasteiger partial charge in [0.2, 0.25) is 0 Å². The van der Waals surface area contributed by atoms with Crippen LogP contribution in [0.5, 0.6) is 0 Å². The Morgan fingerprint density at radius 2 is 0.846 bits per heavy atom. The zero-order valence-corrected chi connectivity index (χ0v) is 12.0. The highest BCUT2D eigenvalue weighted by atomic mass is 24.3. The average Bonchev–Trinajstić information content (AvgIpc) is 2.59. The quantitative estimate of drug-likeness (QED) is 0.435. The number of carboxylic acids is 2. The lowest BCUT2D eigenvalue weighted by Gasteiger charge is -2.07. The number of aromatic carboxylic acids is 2. The van der Waals surface area contributed by atoms with E-state index < -0.39 is 23.9 Å². The van der Waals surface area contributed by atoms with Gasteiger partial charge in [0, 0.05) is 0 Å². The SMILES string of the molecule is O=C(O)c1ccccc1C(=O)OOC(=O)c1ccccc1C(=O)O.[MgH2].[MgH2]. The molecule has 0 fully saturated rings. The van der Waals surface area contributed by atoms with Crippen LogP contribution in [0.1, 0.15) is 41.4 Å². The first-order chi connectivity index (χ1) is 11.4. The van der Waals surface area contributed by atoms with Gasteiger partial charge in [0.25, 0.3) is 0 Å². The molecule has 0 aromatic heterocycles. The minimum Gasteiger partial charge on any atom is -0.478 e. The molecule has 0 aliphatic carbocycles. The van der Waals surface area contributed by atoms with E-state index in [0.29, 0.717) is 0 Å². The molecule has 0 atom stereocenters. The first-order valence-corrected chi connectivity index (χ1v) is 6.49. The van der Waals surface area contributed by atoms with Gasteiger partial charge in [-0.25, -0.2) is 29.0 Å². The van der Waals surface area contributed by atoms with E-state index in [-0.39, 0.29) is 68.4 Å². The molecule has 0 heterocycles. The number of rotatable bonds is 4. The van der Waals surface area contributed by atoms with Crippen molar-refractivity contribution in [2.45, 2.75) is 0 Å². The van der Waals surface area contributed by atoms with Crippen molar-refractivity contribution in [2.24, 2.45) is 0 Å². The Labute approximate surface area is 179 Å². The van der Waals surface area contributed by atoms with Gasteiger partial charge < -0.3 is 10.2 Å². The van der Waals surface area contributed by atoms with Crippen LogP contribution in [0.2, 0.25) is 0 Å². The second kappa shape index (κ2) is 10.8. The zero-order valence-electron chi connectivity index (χ0n) is 12.0. The van der Waals surface area contributed by atoms with Crippen LogP contribution in [0.4, 0.5) is 0 Å². The van der Waals surface area contributed by atoms with Crippen molar-refractivity contribution in [3.8, 4) is 0 Å². The summed E-state index contributed by atoms with van der Waals surface area (Å²) < 4.78 is 0. The van der Waals surface area contributed by atoms with Crippen LogP contribution in [-0.4, -0.2) is 80.2 Å². The smallest absolute Gasteiger partial charge is 0.387 e. The topological polar surface area (TPSA) is 127 Å². The summed E-state index contributed by atoms with van der Waals surface area (Å²) in [4.78, 5) is 54.4. The third kappa shape index (κ3) is 5.69. The standard InChI is InChI=1S/C16H10O8.2Mg.4H/c17-13(18)9-5-1-3-7-11(9)15(21)23-24-16(22)12-8-4-2-6-10(12)14(19)20;;;;;;/h1-8H,(H,17,18)(H,19,20);;;;;;. The highest BCUT2D eigenvalue weighted by Gasteiger charge is 2.22. The van der Waals surface area contributed by atoms with Crippen molar-refractivity contribution >= 4 is 70.0 Å². The minimum absolute atomic E-state index is 0. The second-order valence-electron chi connectivity index (χ2n) is 4.44. The molecule has 8 nitrogen and oxygen atoms in total. The summed E-state index contributed by atoms with van der Waals surface area (Å²) in [5, 5.41) is 18.0. The Kier molecular flexibility index (Phi) is 9.87. The lowest BCUT2D eigenvalue weighted by atomic mass is 10.1. The van der Waals surface area contributed by atoms with Crippen LogP contribution in [0.25, 0.3) is 0 Å². The Hall–Kier alpha value is -2.15. The van der Waals surface area contributed by atoms with Gasteiger partial charge in [-0.15, -0.1) is 0 Å². The Morgan fingerprint density at radius 3 is 1.12 bits per heavy atom. The molecule has 130 valence electrons. The van der Waals surface area contributed by atoms with E-state index in [2.05, 4.69) is 9.78 Å². The minimum atomic E-state index is -1.36. The van der Waals surface area contributed by atoms with Crippen LogP contribution in [0.15, 0.2) is 48.5 Å². The largest absolute Gasteiger partial charge is 0.478 e. The van der Waals surface area contributed by atoms with Crippen LogP contribution in [-0.2, 0) is 9.78 Å². The van der Waals surface area contributed by atoms with Crippen LogP contribution in [0, 0.1) is 0 Å². The Bertz CT molecular complexity index is 765. The number of benzene rings is 2. The summed E-state index contributed by atoms with van der Waals surface area (Å²) in [6.45, 7) is 0. The fourth-order valence-electron chi connectivity index (χ4n) is 1.86. The summed E-state index contributed by atoms with van der Waals surface area (Å²) in [5.74, 6) is -5.11. The molecule has 26 heavy (non-hydrogen) atoms. The molecule has 2 aromatic carbocycles. The van der Waals surface area contributed by atoms with Crippen molar-refractivity contribution in [3.63, 3.8) is 0 Å². The fraction of sp³-hybridized carbons (Fsp3) is 0. The van der Waals surface area contributed by atoms with Gasteiger partial charge in [0.15, 0.2) is 0 Å². The maximum absolute atomic E-state index is 11.8. The maximum atomic E-state index is 11.8. The molecule has 0 aliphatic heterocycles. The number of hydrogen-bond donors (Lipinski definition) is 2. The summed E-state index contributed by atoms with van der Waals surface area (Å²) in [6.07, 6.45) is 0. The van der Waals surface area contributed by atoms with Gasteiger partial charge in [-0.2, -0.15) is 0 Å². The molecule has 0 saturated heterocycles. The molecule has 2 rings (SSSR count). The third-order valence-corrected chi connectivity index (χ3v) is 2.95. The summed E-state index contributed by atoms with van der Waals surface area (Å²) in [6, 6.07) is 10.4. The van der Waals surface area contributed by atoms with Crippen molar-refractivity contribution in [1.29, 1.82) is 0 Å². The molecule has 0 unspecified atom stereocenters. The molecule has 2 N–H and O–H groups in total. The molecule has 0 saturated carbocycles. The summed E-state index contributed by atoms with van der Waals surface area (Å²) in [5.41, 5.74) is -1.29. The third-order valence-electron chi connectivity index (χ3n) is 2.95. The zero-order chi connectivity index (χ0) is 17.7. The molecular formula is C16H14Mg2O8. The average molecular weight is 383 g/mol. The Morgan fingerprint density at radius 1 is 0.577 bits per heavy atom. The molecule has 0 radical (unpaired) electrons. The van der Waals surface area contributed by atoms with Crippen LogP contribution >= 0.6 is 0 Å².